The molecule has 0 saturated heterocycles. The Bertz CT molecular complexity index is 499. The number of nitrogens with zero attached hydrogens (tertiary/aromatic N) is 3. The fraction of sp³-hybridized carbons (Fsp3) is 0.182. The zero-order valence-electron chi connectivity index (χ0n) is 9.52. The van der Waals surface area contributed by atoms with Gasteiger partial charge in [-0.2, -0.15) is 5.10 Å². The first-order valence-corrected chi connectivity index (χ1v) is 6.30. The maximum absolute atomic E-state index is 8.84. The number of nitrogens with two attached hydrogens (primary N) is 1. The Morgan fingerprint density at radius 2 is 2.22 bits per heavy atom. The van der Waals surface area contributed by atoms with Gasteiger partial charge in [0.25, 0.3) is 0 Å². The number of rotatable bonds is 5. The third-order valence-corrected chi connectivity index (χ3v) is 3.42. The van der Waals surface area contributed by atoms with E-state index in [0.717, 1.165) is 5.56 Å². The number of aromatic nitrogens is 3. The lowest BCUT2D eigenvalue weighted by Crippen LogP contribution is -2.23. The molecule has 2 aromatic rings. The van der Waals surface area contributed by atoms with E-state index in [1.165, 1.54) is 18.1 Å². The van der Waals surface area contributed by atoms with Crippen molar-refractivity contribution in [2.24, 2.45) is 10.9 Å². The lowest BCUT2D eigenvalue weighted by atomic mass is 10.0. The second kappa shape index (κ2) is 6.06. The van der Waals surface area contributed by atoms with Crippen molar-refractivity contribution >= 4 is 17.6 Å². The van der Waals surface area contributed by atoms with Crippen LogP contribution in [-0.4, -0.2) is 32.0 Å². The van der Waals surface area contributed by atoms with Crippen LogP contribution in [0.25, 0.3) is 0 Å². The van der Waals surface area contributed by atoms with E-state index in [9.17, 15) is 0 Å². The maximum Gasteiger partial charge on any atom is 0.183 e. The first-order valence-electron chi connectivity index (χ1n) is 5.31. The van der Waals surface area contributed by atoms with Crippen LogP contribution < -0.4 is 5.73 Å². The Labute approximate surface area is 108 Å². The molecule has 0 aliphatic rings. The molecule has 2 rings (SSSR count). The first kappa shape index (κ1) is 12.4. The van der Waals surface area contributed by atoms with E-state index in [2.05, 4.69) is 20.3 Å². The van der Waals surface area contributed by atoms with Crippen LogP contribution in [0.2, 0.25) is 0 Å². The minimum Gasteiger partial charge on any atom is -0.409 e. The average Bonchev–Trinajstić information content (AvgIpc) is 2.93. The van der Waals surface area contributed by atoms with E-state index in [4.69, 9.17) is 10.9 Å². The number of nitrogens with one attached hydrogen (secondary N) is 1. The smallest absolute Gasteiger partial charge is 0.183 e. The molecule has 18 heavy (non-hydrogen) atoms. The van der Waals surface area contributed by atoms with Crippen molar-refractivity contribution in [3.63, 3.8) is 0 Å². The number of oxime groups is 1. The summed E-state index contributed by atoms with van der Waals surface area (Å²) in [5.74, 6) is 0.647. The summed E-state index contributed by atoms with van der Waals surface area (Å²) < 4.78 is 0. The Morgan fingerprint density at radius 3 is 2.83 bits per heavy atom. The summed E-state index contributed by atoms with van der Waals surface area (Å²) in [7, 11) is 0. The number of H-pyrrole nitrogens is 1. The van der Waals surface area contributed by atoms with Gasteiger partial charge >= 0.3 is 0 Å². The highest BCUT2D eigenvalue weighted by Crippen LogP contribution is 2.24. The maximum atomic E-state index is 8.84. The second-order valence-corrected chi connectivity index (χ2v) is 4.60. The van der Waals surface area contributed by atoms with Gasteiger partial charge in [-0.15, -0.1) is 0 Å². The van der Waals surface area contributed by atoms with Gasteiger partial charge in [0.05, 0.1) is 5.92 Å². The van der Waals surface area contributed by atoms with Gasteiger partial charge in [0, 0.05) is 5.75 Å². The summed E-state index contributed by atoms with van der Waals surface area (Å²) >= 11 is 1.47. The lowest BCUT2D eigenvalue weighted by molar-refractivity contribution is 0.316. The predicted molar refractivity (Wildman–Crippen MR) is 69.7 cm³/mol. The summed E-state index contributed by atoms with van der Waals surface area (Å²) in [6.45, 7) is 0. The number of hydrogen-bond donors (Lipinski definition) is 3. The van der Waals surface area contributed by atoms with Crippen LogP contribution in [-0.2, 0) is 0 Å². The number of amidine groups is 1. The van der Waals surface area contributed by atoms with Gasteiger partial charge in [-0.3, -0.25) is 5.10 Å². The van der Waals surface area contributed by atoms with E-state index in [1.54, 1.807) is 0 Å². The Kier molecular flexibility index (Phi) is 4.19. The molecule has 0 aliphatic carbocycles. The van der Waals surface area contributed by atoms with Crippen LogP contribution in [0.5, 0.6) is 0 Å². The van der Waals surface area contributed by atoms with Crippen LogP contribution in [0, 0.1) is 0 Å². The standard InChI is InChI=1S/C11H13N5OS/c12-10(16-17)9(8-4-2-1-3-5-8)6-18-11-13-7-14-15-11/h1-5,7,9,17H,6H2,(H2,12,16)(H,13,14,15). The molecule has 0 spiro atoms. The van der Waals surface area contributed by atoms with Gasteiger partial charge in [-0.1, -0.05) is 47.2 Å². The molecule has 0 radical (unpaired) electrons. The highest BCUT2D eigenvalue weighted by Gasteiger charge is 2.17. The van der Waals surface area contributed by atoms with E-state index < -0.39 is 0 Å². The molecule has 0 fully saturated rings. The van der Waals surface area contributed by atoms with Crippen molar-refractivity contribution in [3.8, 4) is 0 Å². The molecule has 1 atom stereocenters. The number of aromatic amines is 1. The van der Waals surface area contributed by atoms with Gasteiger partial charge in [0.2, 0.25) is 0 Å². The van der Waals surface area contributed by atoms with Crippen LogP contribution >= 0.6 is 11.8 Å². The molecule has 1 aromatic heterocycles. The number of thioether (sulfide) groups is 1. The van der Waals surface area contributed by atoms with Crippen molar-refractivity contribution in [1.29, 1.82) is 0 Å². The molecule has 1 unspecified atom stereocenters. The van der Waals surface area contributed by atoms with E-state index in [1.807, 2.05) is 30.3 Å². The summed E-state index contributed by atoms with van der Waals surface area (Å²) in [5.41, 5.74) is 6.73. The summed E-state index contributed by atoms with van der Waals surface area (Å²) in [6, 6.07) is 9.67. The topological polar surface area (TPSA) is 100 Å². The SMILES string of the molecule is NC(=NO)C(CSc1ncn[nH]1)c1ccccc1. The molecule has 1 heterocycles. The third-order valence-electron chi connectivity index (χ3n) is 2.45. The van der Waals surface area contributed by atoms with Gasteiger partial charge in [-0.05, 0) is 5.56 Å². The zero-order chi connectivity index (χ0) is 12.8. The predicted octanol–water partition coefficient (Wildman–Crippen LogP) is 1.43. The molecule has 0 aliphatic heterocycles. The normalized spacial score (nSPS) is 13.4. The average molecular weight is 263 g/mol. The zero-order valence-corrected chi connectivity index (χ0v) is 10.3. The molecule has 0 amide bonds. The van der Waals surface area contributed by atoms with E-state index in [-0.39, 0.29) is 11.8 Å². The van der Waals surface area contributed by atoms with Crippen molar-refractivity contribution in [2.75, 3.05) is 5.75 Å². The monoisotopic (exact) mass is 263 g/mol. The van der Waals surface area contributed by atoms with Crippen molar-refractivity contribution < 1.29 is 5.21 Å². The fourth-order valence-electron chi connectivity index (χ4n) is 1.53. The van der Waals surface area contributed by atoms with Gasteiger partial charge in [0.15, 0.2) is 5.16 Å². The van der Waals surface area contributed by atoms with Crippen molar-refractivity contribution in [1.82, 2.24) is 15.2 Å². The van der Waals surface area contributed by atoms with E-state index >= 15 is 0 Å². The van der Waals surface area contributed by atoms with Gasteiger partial charge in [0.1, 0.15) is 12.2 Å². The minimum atomic E-state index is -0.161. The first-order chi connectivity index (χ1) is 8.81. The molecule has 4 N–H and O–H groups in total. The lowest BCUT2D eigenvalue weighted by Gasteiger charge is -2.14. The summed E-state index contributed by atoms with van der Waals surface area (Å²) in [5, 5.41) is 19.2. The van der Waals surface area contributed by atoms with Gasteiger partial charge < -0.3 is 10.9 Å². The Hall–Kier alpha value is -2.02. The van der Waals surface area contributed by atoms with Crippen LogP contribution in [0.3, 0.4) is 0 Å². The van der Waals surface area contributed by atoms with Crippen LogP contribution in [0.15, 0.2) is 47.0 Å². The molecule has 1 aromatic carbocycles. The van der Waals surface area contributed by atoms with Crippen LogP contribution in [0.4, 0.5) is 0 Å². The van der Waals surface area contributed by atoms with Crippen LogP contribution in [0.1, 0.15) is 11.5 Å². The van der Waals surface area contributed by atoms with Crippen molar-refractivity contribution in [2.45, 2.75) is 11.1 Å². The summed E-state index contributed by atoms with van der Waals surface area (Å²) in [6.07, 6.45) is 1.45. The largest absolute Gasteiger partial charge is 0.409 e. The molecular weight excluding hydrogens is 250 g/mol. The van der Waals surface area contributed by atoms with Gasteiger partial charge in [-0.25, -0.2) is 4.98 Å². The molecular formula is C11H13N5OS. The Balaban J connectivity index is 2.11. The highest BCUT2D eigenvalue weighted by atomic mass is 32.2. The Morgan fingerprint density at radius 1 is 1.44 bits per heavy atom. The molecule has 7 heteroatoms. The molecule has 6 nitrogen and oxygen atoms in total. The molecule has 0 saturated carbocycles. The minimum absolute atomic E-state index is 0.161. The molecule has 0 bridgehead atoms. The quantitative estimate of drug-likeness (QED) is 0.249. The summed E-state index contributed by atoms with van der Waals surface area (Å²) in [4.78, 5) is 4.02. The second-order valence-electron chi connectivity index (χ2n) is 3.59. The van der Waals surface area contributed by atoms with E-state index in [0.29, 0.717) is 10.9 Å². The fourth-order valence-corrected chi connectivity index (χ4v) is 2.46. The number of benzene rings is 1. The molecule has 94 valence electrons. The van der Waals surface area contributed by atoms with Crippen molar-refractivity contribution in [3.05, 3.63) is 42.2 Å². The third kappa shape index (κ3) is 3.01. The highest BCUT2D eigenvalue weighted by molar-refractivity contribution is 7.99. The number of hydrogen-bond acceptors (Lipinski definition) is 5.